The number of aryl methyl sites for hydroxylation is 2. The van der Waals surface area contributed by atoms with Gasteiger partial charge >= 0.3 is 0 Å². The summed E-state index contributed by atoms with van der Waals surface area (Å²) in [5.41, 5.74) is 17.1. The molecule has 60 heavy (non-hydrogen) atoms. The van der Waals surface area contributed by atoms with Crippen LogP contribution in [-0.4, -0.2) is 9.13 Å². The van der Waals surface area contributed by atoms with Crippen LogP contribution in [0.2, 0.25) is 0 Å². The van der Waals surface area contributed by atoms with Crippen molar-refractivity contribution in [3.05, 3.63) is 217 Å². The summed E-state index contributed by atoms with van der Waals surface area (Å²) >= 11 is 0. The molecule has 0 radical (unpaired) electrons. The van der Waals surface area contributed by atoms with E-state index in [9.17, 15) is 0 Å². The van der Waals surface area contributed by atoms with Crippen LogP contribution < -0.4 is 0 Å². The first kappa shape index (κ1) is 34.4. The number of hydrogen-bond donors (Lipinski definition) is 0. The fourth-order valence-corrected chi connectivity index (χ4v) is 9.97. The van der Waals surface area contributed by atoms with Crippen LogP contribution in [-0.2, 0) is 0 Å². The second-order valence-corrected chi connectivity index (χ2v) is 16.2. The van der Waals surface area contributed by atoms with Gasteiger partial charge in [0, 0.05) is 32.9 Å². The Morgan fingerprint density at radius 3 is 1.10 bits per heavy atom. The van der Waals surface area contributed by atoms with Gasteiger partial charge in [-0.05, 0) is 128 Å². The van der Waals surface area contributed by atoms with E-state index in [1.54, 1.807) is 0 Å². The Morgan fingerprint density at radius 1 is 0.267 bits per heavy atom. The molecule has 2 nitrogen and oxygen atoms in total. The van der Waals surface area contributed by atoms with Gasteiger partial charge in [-0.2, -0.15) is 0 Å². The van der Waals surface area contributed by atoms with Crippen LogP contribution in [0.1, 0.15) is 11.1 Å². The molecule has 282 valence electrons. The summed E-state index contributed by atoms with van der Waals surface area (Å²) in [4.78, 5) is 0. The molecule has 2 heterocycles. The maximum absolute atomic E-state index is 2.45. The molecule has 12 rings (SSSR count). The lowest BCUT2D eigenvalue weighted by Crippen LogP contribution is -1.98. The van der Waals surface area contributed by atoms with Crippen molar-refractivity contribution in [1.29, 1.82) is 0 Å². The number of aromatic nitrogens is 2. The third-order valence-corrected chi connectivity index (χ3v) is 12.8. The van der Waals surface area contributed by atoms with Gasteiger partial charge in [-0.3, -0.25) is 0 Å². The standard InChI is InChI=1S/C58H40N2/c1-37-33-43(59-55-23-9-7-19-51(55)53-29-25-41(35-57(53)59)49-21-11-15-39-13-3-5-17-47(39)49)27-31-45(37)46-32-28-44(34-38(46)2)60-56-24-10-8-20-52(56)54-30-26-42(36-58(54)60)50-22-12-16-40-14-4-6-18-48(40)50/h3-36H,1-2H3. The molecule has 2 aromatic heterocycles. The van der Waals surface area contributed by atoms with Gasteiger partial charge in [0.25, 0.3) is 0 Å². The summed E-state index contributed by atoms with van der Waals surface area (Å²) in [6.45, 7) is 4.51. The lowest BCUT2D eigenvalue weighted by Gasteiger charge is -2.16. The smallest absolute Gasteiger partial charge is 0.0547 e. The van der Waals surface area contributed by atoms with E-state index in [0.29, 0.717) is 0 Å². The molecule has 0 atom stereocenters. The summed E-state index contributed by atoms with van der Waals surface area (Å²) in [7, 11) is 0. The van der Waals surface area contributed by atoms with Crippen molar-refractivity contribution in [3.8, 4) is 44.8 Å². The Balaban J connectivity index is 0.965. The number of nitrogens with zero attached hydrogens (tertiary/aromatic N) is 2. The van der Waals surface area contributed by atoms with Gasteiger partial charge in [-0.25, -0.2) is 0 Å². The van der Waals surface area contributed by atoms with Gasteiger partial charge in [0.2, 0.25) is 0 Å². The Bertz CT molecular complexity index is 3430. The van der Waals surface area contributed by atoms with E-state index in [0.717, 1.165) is 0 Å². The minimum Gasteiger partial charge on any atom is -0.309 e. The fraction of sp³-hybridized carbons (Fsp3) is 0.0345. The van der Waals surface area contributed by atoms with Gasteiger partial charge < -0.3 is 9.13 Å². The second-order valence-electron chi connectivity index (χ2n) is 16.2. The van der Waals surface area contributed by atoms with E-state index in [2.05, 4.69) is 229 Å². The maximum atomic E-state index is 2.45. The molecular weight excluding hydrogens is 725 g/mol. The van der Waals surface area contributed by atoms with Crippen LogP contribution in [0.4, 0.5) is 0 Å². The molecule has 0 unspecified atom stereocenters. The van der Waals surface area contributed by atoms with Crippen LogP contribution in [0, 0.1) is 13.8 Å². The van der Waals surface area contributed by atoms with Crippen molar-refractivity contribution in [2.75, 3.05) is 0 Å². The predicted molar refractivity (Wildman–Crippen MR) is 256 cm³/mol. The monoisotopic (exact) mass is 764 g/mol. The Hall–Kier alpha value is -7.68. The molecule has 0 aliphatic rings. The average Bonchev–Trinajstić information content (AvgIpc) is 3.81. The highest BCUT2D eigenvalue weighted by Crippen LogP contribution is 2.40. The van der Waals surface area contributed by atoms with E-state index in [-0.39, 0.29) is 0 Å². The van der Waals surface area contributed by atoms with Crippen molar-refractivity contribution < 1.29 is 0 Å². The Kier molecular flexibility index (Phi) is 7.70. The highest BCUT2D eigenvalue weighted by atomic mass is 15.0. The van der Waals surface area contributed by atoms with Crippen LogP contribution in [0.5, 0.6) is 0 Å². The third-order valence-electron chi connectivity index (χ3n) is 12.8. The molecule has 2 heteroatoms. The minimum atomic E-state index is 1.17. The minimum absolute atomic E-state index is 1.17. The summed E-state index contributed by atoms with van der Waals surface area (Å²) in [5.74, 6) is 0. The van der Waals surface area contributed by atoms with E-state index >= 15 is 0 Å². The average molecular weight is 765 g/mol. The topological polar surface area (TPSA) is 9.86 Å². The zero-order valence-electron chi connectivity index (χ0n) is 33.5. The highest BCUT2D eigenvalue weighted by molar-refractivity contribution is 6.12. The molecule has 0 amide bonds. The van der Waals surface area contributed by atoms with Crippen molar-refractivity contribution in [2.24, 2.45) is 0 Å². The maximum Gasteiger partial charge on any atom is 0.0547 e. The molecule has 0 fully saturated rings. The van der Waals surface area contributed by atoms with E-state index in [1.165, 1.54) is 121 Å². The molecule has 0 N–H and O–H groups in total. The molecule has 0 saturated carbocycles. The van der Waals surface area contributed by atoms with E-state index < -0.39 is 0 Å². The van der Waals surface area contributed by atoms with Crippen molar-refractivity contribution in [3.63, 3.8) is 0 Å². The number of para-hydroxylation sites is 2. The zero-order valence-corrected chi connectivity index (χ0v) is 33.5. The van der Waals surface area contributed by atoms with Crippen LogP contribution >= 0.6 is 0 Å². The second kappa shape index (κ2) is 13.4. The SMILES string of the molecule is Cc1cc(-n2c3ccccc3c3ccc(-c4cccc5ccccc45)cc32)ccc1-c1ccc(-n2c3ccccc3c3ccc(-c4cccc5ccccc45)cc32)cc1C. The summed E-state index contributed by atoms with van der Waals surface area (Å²) in [5, 5.41) is 10.1. The van der Waals surface area contributed by atoms with Crippen molar-refractivity contribution >= 4 is 65.2 Å². The summed E-state index contributed by atoms with van der Waals surface area (Å²) < 4.78 is 4.89. The van der Waals surface area contributed by atoms with Crippen molar-refractivity contribution in [2.45, 2.75) is 13.8 Å². The van der Waals surface area contributed by atoms with Crippen LogP contribution in [0.25, 0.3) is 110 Å². The lowest BCUT2D eigenvalue weighted by molar-refractivity contribution is 1.16. The van der Waals surface area contributed by atoms with E-state index in [4.69, 9.17) is 0 Å². The first-order valence-corrected chi connectivity index (χ1v) is 20.8. The third kappa shape index (κ3) is 5.28. The molecule has 0 saturated heterocycles. The van der Waals surface area contributed by atoms with Crippen LogP contribution in [0.3, 0.4) is 0 Å². The van der Waals surface area contributed by atoms with E-state index in [1.807, 2.05) is 0 Å². The Morgan fingerprint density at radius 2 is 0.650 bits per heavy atom. The Labute approximate surface area is 348 Å². The largest absolute Gasteiger partial charge is 0.309 e. The first-order valence-electron chi connectivity index (χ1n) is 20.8. The summed E-state index contributed by atoms with van der Waals surface area (Å²) in [6, 6.07) is 76.0. The fourth-order valence-electron chi connectivity index (χ4n) is 9.97. The first-order chi connectivity index (χ1) is 29.6. The molecule has 10 aromatic carbocycles. The zero-order chi connectivity index (χ0) is 39.9. The predicted octanol–water partition coefficient (Wildman–Crippen LogP) is 15.8. The lowest BCUT2D eigenvalue weighted by atomic mass is 9.95. The number of fused-ring (bicyclic) bond motifs is 8. The molecule has 0 aliphatic carbocycles. The molecule has 0 spiro atoms. The quantitative estimate of drug-likeness (QED) is 0.165. The molecule has 0 bridgehead atoms. The number of rotatable bonds is 5. The van der Waals surface area contributed by atoms with Gasteiger partial charge in [-0.1, -0.05) is 158 Å². The van der Waals surface area contributed by atoms with Gasteiger partial charge in [0.05, 0.1) is 22.1 Å². The normalized spacial score (nSPS) is 11.8. The van der Waals surface area contributed by atoms with Gasteiger partial charge in [0.15, 0.2) is 0 Å². The number of hydrogen-bond acceptors (Lipinski definition) is 0. The van der Waals surface area contributed by atoms with Crippen LogP contribution in [0.15, 0.2) is 206 Å². The highest BCUT2D eigenvalue weighted by Gasteiger charge is 2.18. The number of benzene rings is 10. The molecule has 12 aromatic rings. The molecular formula is C58H40N2. The summed E-state index contributed by atoms with van der Waals surface area (Å²) in [6.07, 6.45) is 0. The van der Waals surface area contributed by atoms with Gasteiger partial charge in [-0.15, -0.1) is 0 Å². The molecule has 0 aliphatic heterocycles. The van der Waals surface area contributed by atoms with Gasteiger partial charge in [0.1, 0.15) is 0 Å². The van der Waals surface area contributed by atoms with Crippen molar-refractivity contribution in [1.82, 2.24) is 9.13 Å².